The van der Waals surface area contributed by atoms with Gasteiger partial charge in [-0.2, -0.15) is 0 Å². The minimum atomic E-state index is -0.0716. The first kappa shape index (κ1) is 13.5. The van der Waals surface area contributed by atoms with Crippen molar-refractivity contribution in [1.29, 1.82) is 0 Å². The van der Waals surface area contributed by atoms with E-state index in [-0.39, 0.29) is 5.97 Å². The third-order valence-corrected chi connectivity index (χ3v) is 3.29. The van der Waals surface area contributed by atoms with Gasteiger partial charge >= 0.3 is 5.97 Å². The fraction of sp³-hybridized carbons (Fsp3) is 0.923. The monoisotopic (exact) mass is 227 g/mol. The van der Waals surface area contributed by atoms with Crippen LogP contribution in [0.15, 0.2) is 0 Å². The number of esters is 1. The van der Waals surface area contributed by atoms with Crippen LogP contribution in [-0.2, 0) is 9.53 Å². The van der Waals surface area contributed by atoms with Crippen LogP contribution in [0.25, 0.3) is 0 Å². The van der Waals surface area contributed by atoms with E-state index in [1.54, 1.807) is 0 Å². The van der Waals surface area contributed by atoms with Crippen molar-refractivity contribution in [3.63, 3.8) is 0 Å². The first-order valence-electron chi connectivity index (χ1n) is 6.68. The molecular weight excluding hydrogens is 202 g/mol. The van der Waals surface area contributed by atoms with Crippen LogP contribution in [0.3, 0.4) is 0 Å². The van der Waals surface area contributed by atoms with Crippen molar-refractivity contribution in [1.82, 2.24) is 5.32 Å². The van der Waals surface area contributed by atoms with Crippen LogP contribution in [0.5, 0.6) is 0 Å². The minimum Gasteiger partial charge on any atom is -0.466 e. The van der Waals surface area contributed by atoms with Gasteiger partial charge in [0.15, 0.2) is 0 Å². The second-order valence-corrected chi connectivity index (χ2v) is 4.62. The van der Waals surface area contributed by atoms with E-state index in [0.717, 1.165) is 6.42 Å². The minimum absolute atomic E-state index is 0.0716. The average molecular weight is 227 g/mol. The molecule has 0 radical (unpaired) electrons. The van der Waals surface area contributed by atoms with Gasteiger partial charge in [-0.1, -0.05) is 26.2 Å². The molecule has 1 aliphatic rings. The molecular formula is C13H25NO2. The van der Waals surface area contributed by atoms with Gasteiger partial charge in [-0.15, -0.1) is 0 Å². The highest BCUT2D eigenvalue weighted by atomic mass is 16.5. The Morgan fingerprint density at radius 2 is 2.00 bits per heavy atom. The third kappa shape index (κ3) is 4.97. The zero-order chi connectivity index (χ0) is 11.8. The number of rotatable bonds is 6. The smallest absolute Gasteiger partial charge is 0.307 e. The molecule has 94 valence electrons. The summed E-state index contributed by atoms with van der Waals surface area (Å²) in [6.45, 7) is 4.46. The highest BCUT2D eigenvalue weighted by molar-refractivity contribution is 5.70. The van der Waals surface area contributed by atoms with Crippen LogP contribution in [0.4, 0.5) is 0 Å². The molecule has 1 saturated carbocycles. The Labute approximate surface area is 98.9 Å². The van der Waals surface area contributed by atoms with E-state index in [0.29, 0.717) is 25.1 Å². The van der Waals surface area contributed by atoms with Crippen LogP contribution in [0.2, 0.25) is 0 Å². The molecule has 1 aliphatic carbocycles. The van der Waals surface area contributed by atoms with E-state index in [1.165, 1.54) is 32.1 Å². The summed E-state index contributed by atoms with van der Waals surface area (Å²) in [7, 11) is 0. The number of carbonyl (C=O) groups excluding carboxylic acids is 1. The maximum atomic E-state index is 11.4. The third-order valence-electron chi connectivity index (χ3n) is 3.29. The zero-order valence-corrected chi connectivity index (χ0v) is 10.6. The molecule has 0 aromatic carbocycles. The molecule has 16 heavy (non-hydrogen) atoms. The van der Waals surface area contributed by atoms with Crippen molar-refractivity contribution in [2.45, 2.75) is 70.9 Å². The van der Waals surface area contributed by atoms with E-state index in [9.17, 15) is 4.79 Å². The van der Waals surface area contributed by atoms with Crippen molar-refractivity contribution >= 4 is 5.97 Å². The SMILES string of the molecule is CCOC(=O)C[C@H](CC)NC1CCCCC1. The van der Waals surface area contributed by atoms with Crippen molar-refractivity contribution < 1.29 is 9.53 Å². The molecule has 1 rings (SSSR count). The lowest BCUT2D eigenvalue weighted by Gasteiger charge is -2.27. The van der Waals surface area contributed by atoms with E-state index >= 15 is 0 Å². The van der Waals surface area contributed by atoms with Crippen molar-refractivity contribution in [3.05, 3.63) is 0 Å². The van der Waals surface area contributed by atoms with Crippen LogP contribution < -0.4 is 5.32 Å². The molecule has 0 aromatic heterocycles. The highest BCUT2D eigenvalue weighted by Gasteiger charge is 2.19. The molecule has 0 amide bonds. The molecule has 0 aromatic rings. The van der Waals surface area contributed by atoms with Gasteiger partial charge in [-0.05, 0) is 26.2 Å². The normalized spacial score (nSPS) is 19.4. The van der Waals surface area contributed by atoms with Gasteiger partial charge in [0, 0.05) is 12.1 Å². The lowest BCUT2D eigenvalue weighted by Crippen LogP contribution is -2.40. The van der Waals surface area contributed by atoms with E-state index in [2.05, 4.69) is 12.2 Å². The number of nitrogens with one attached hydrogen (secondary N) is 1. The Kier molecular flexibility index (Phi) is 6.46. The summed E-state index contributed by atoms with van der Waals surface area (Å²) in [5.74, 6) is -0.0716. The first-order valence-corrected chi connectivity index (χ1v) is 6.68. The Hall–Kier alpha value is -0.570. The van der Waals surface area contributed by atoms with Gasteiger partial charge in [-0.3, -0.25) is 4.79 Å². The first-order chi connectivity index (χ1) is 7.76. The van der Waals surface area contributed by atoms with E-state index < -0.39 is 0 Å². The van der Waals surface area contributed by atoms with Crippen LogP contribution in [-0.4, -0.2) is 24.7 Å². The maximum absolute atomic E-state index is 11.4. The van der Waals surface area contributed by atoms with Crippen molar-refractivity contribution in [2.75, 3.05) is 6.61 Å². The summed E-state index contributed by atoms with van der Waals surface area (Å²) in [6.07, 6.45) is 8.06. The molecule has 3 heteroatoms. The Bertz CT molecular complexity index is 200. The molecule has 0 aliphatic heterocycles. The maximum Gasteiger partial charge on any atom is 0.307 e. The summed E-state index contributed by atoms with van der Waals surface area (Å²) >= 11 is 0. The standard InChI is InChI=1S/C13H25NO2/c1-3-11(10-13(15)16-4-2)14-12-8-6-5-7-9-12/h11-12,14H,3-10H2,1-2H3/t11-/m0/s1. The van der Waals surface area contributed by atoms with Gasteiger partial charge in [0.05, 0.1) is 13.0 Å². The summed E-state index contributed by atoms with van der Waals surface area (Å²) in [4.78, 5) is 11.4. The van der Waals surface area contributed by atoms with Gasteiger partial charge in [0.1, 0.15) is 0 Å². The Morgan fingerprint density at radius 1 is 1.31 bits per heavy atom. The number of hydrogen-bond donors (Lipinski definition) is 1. The summed E-state index contributed by atoms with van der Waals surface area (Å²) in [5.41, 5.74) is 0. The Morgan fingerprint density at radius 3 is 2.56 bits per heavy atom. The van der Waals surface area contributed by atoms with Gasteiger partial charge in [-0.25, -0.2) is 0 Å². The second-order valence-electron chi connectivity index (χ2n) is 4.62. The second kappa shape index (κ2) is 7.66. The van der Waals surface area contributed by atoms with E-state index in [1.807, 2.05) is 6.92 Å². The molecule has 0 spiro atoms. The summed E-state index contributed by atoms with van der Waals surface area (Å²) in [5, 5.41) is 3.59. The van der Waals surface area contributed by atoms with Gasteiger partial charge in [0.2, 0.25) is 0 Å². The van der Waals surface area contributed by atoms with E-state index in [4.69, 9.17) is 4.74 Å². The highest BCUT2D eigenvalue weighted by Crippen LogP contribution is 2.18. The largest absolute Gasteiger partial charge is 0.466 e. The van der Waals surface area contributed by atoms with Gasteiger partial charge < -0.3 is 10.1 Å². The molecule has 0 heterocycles. The van der Waals surface area contributed by atoms with Crippen molar-refractivity contribution in [3.8, 4) is 0 Å². The van der Waals surface area contributed by atoms with Crippen molar-refractivity contribution in [2.24, 2.45) is 0 Å². The summed E-state index contributed by atoms with van der Waals surface area (Å²) in [6, 6.07) is 0.912. The Balaban J connectivity index is 2.27. The predicted molar refractivity (Wildman–Crippen MR) is 65.3 cm³/mol. The molecule has 0 bridgehead atoms. The van der Waals surface area contributed by atoms with Gasteiger partial charge in [0.25, 0.3) is 0 Å². The number of hydrogen-bond acceptors (Lipinski definition) is 3. The molecule has 0 saturated heterocycles. The molecule has 3 nitrogen and oxygen atoms in total. The lowest BCUT2D eigenvalue weighted by atomic mass is 9.94. The lowest BCUT2D eigenvalue weighted by molar-refractivity contribution is -0.143. The number of carbonyl (C=O) groups is 1. The topological polar surface area (TPSA) is 38.3 Å². The quantitative estimate of drug-likeness (QED) is 0.709. The fourth-order valence-corrected chi connectivity index (χ4v) is 2.34. The molecule has 0 unspecified atom stereocenters. The van der Waals surface area contributed by atoms with Crippen LogP contribution in [0.1, 0.15) is 58.8 Å². The molecule has 1 N–H and O–H groups in total. The van der Waals surface area contributed by atoms with Crippen LogP contribution in [0, 0.1) is 0 Å². The summed E-state index contributed by atoms with van der Waals surface area (Å²) < 4.78 is 4.98. The van der Waals surface area contributed by atoms with Crippen LogP contribution >= 0.6 is 0 Å². The fourth-order valence-electron chi connectivity index (χ4n) is 2.34. The zero-order valence-electron chi connectivity index (χ0n) is 10.6. The molecule has 1 fully saturated rings. The molecule has 1 atom stereocenters. The predicted octanol–water partition coefficient (Wildman–Crippen LogP) is 2.64. The number of ether oxygens (including phenoxy) is 1. The average Bonchev–Trinajstić information content (AvgIpc) is 2.30.